The summed E-state index contributed by atoms with van der Waals surface area (Å²) in [6.07, 6.45) is 2.26. The molecule has 0 amide bonds. The van der Waals surface area contributed by atoms with Gasteiger partial charge < -0.3 is 9.84 Å². The van der Waals surface area contributed by atoms with Crippen molar-refractivity contribution in [2.24, 2.45) is 0 Å². The van der Waals surface area contributed by atoms with Crippen LogP contribution in [0, 0.1) is 20.8 Å². The van der Waals surface area contributed by atoms with Gasteiger partial charge in [0.1, 0.15) is 0 Å². The highest BCUT2D eigenvalue weighted by Gasteiger charge is 2.30. The van der Waals surface area contributed by atoms with Crippen LogP contribution in [0.4, 0.5) is 0 Å². The summed E-state index contributed by atoms with van der Waals surface area (Å²) in [5.41, 5.74) is 4.62. The molecule has 1 aliphatic heterocycles. The third kappa shape index (κ3) is 2.88. The van der Waals surface area contributed by atoms with Gasteiger partial charge in [-0.2, -0.15) is 0 Å². The maximum absolute atomic E-state index is 10.6. The number of ether oxygens (including phenoxy) is 1. The van der Waals surface area contributed by atoms with Gasteiger partial charge in [-0.1, -0.05) is 17.7 Å². The average molecular weight is 234 g/mol. The van der Waals surface area contributed by atoms with Crippen molar-refractivity contribution in [3.8, 4) is 0 Å². The van der Waals surface area contributed by atoms with E-state index >= 15 is 0 Å². The zero-order valence-electron chi connectivity index (χ0n) is 11.0. The molecule has 0 atom stereocenters. The number of aryl methyl sites for hydroxylation is 3. The van der Waals surface area contributed by atoms with Gasteiger partial charge in [-0.15, -0.1) is 0 Å². The van der Waals surface area contributed by atoms with Crippen LogP contribution in [-0.2, 0) is 11.2 Å². The Kier molecular flexibility index (Phi) is 3.55. The minimum absolute atomic E-state index is 0.566. The zero-order chi connectivity index (χ0) is 12.5. The van der Waals surface area contributed by atoms with Gasteiger partial charge in [0, 0.05) is 19.6 Å². The lowest BCUT2D eigenvalue weighted by molar-refractivity contribution is -0.0627. The Hall–Kier alpha value is -0.860. The number of hydrogen-bond donors (Lipinski definition) is 1. The first-order valence-electron chi connectivity index (χ1n) is 6.37. The minimum atomic E-state index is -0.566. The molecule has 2 nitrogen and oxygen atoms in total. The largest absolute Gasteiger partial charge is 0.389 e. The molecule has 0 aromatic heterocycles. The van der Waals surface area contributed by atoms with Gasteiger partial charge in [0.15, 0.2) is 0 Å². The van der Waals surface area contributed by atoms with E-state index in [4.69, 9.17) is 4.74 Å². The van der Waals surface area contributed by atoms with Crippen LogP contribution in [0.15, 0.2) is 12.1 Å². The number of hydrogen-bond acceptors (Lipinski definition) is 2. The van der Waals surface area contributed by atoms with Crippen LogP contribution in [0.2, 0.25) is 0 Å². The van der Waals surface area contributed by atoms with Crippen molar-refractivity contribution < 1.29 is 9.84 Å². The third-order valence-electron chi connectivity index (χ3n) is 3.77. The lowest BCUT2D eigenvalue weighted by atomic mass is 9.84. The Balaban J connectivity index is 2.23. The lowest BCUT2D eigenvalue weighted by Crippen LogP contribution is -2.38. The van der Waals surface area contributed by atoms with E-state index in [1.54, 1.807) is 0 Å². The Bertz CT molecular complexity index is 380. The molecule has 1 N–H and O–H groups in total. The first kappa shape index (κ1) is 12.6. The maximum atomic E-state index is 10.6. The standard InChI is InChI=1S/C15H22O2/c1-11-8-12(2)14(13(3)9-11)10-15(16)4-6-17-7-5-15/h8-9,16H,4-7,10H2,1-3H3. The number of benzene rings is 1. The topological polar surface area (TPSA) is 29.5 Å². The molecule has 1 aromatic carbocycles. The summed E-state index contributed by atoms with van der Waals surface area (Å²) in [7, 11) is 0. The van der Waals surface area contributed by atoms with Crippen LogP contribution < -0.4 is 0 Å². The van der Waals surface area contributed by atoms with Crippen molar-refractivity contribution in [1.29, 1.82) is 0 Å². The predicted molar refractivity (Wildman–Crippen MR) is 69.4 cm³/mol. The van der Waals surface area contributed by atoms with E-state index in [9.17, 15) is 5.11 Å². The van der Waals surface area contributed by atoms with Gasteiger partial charge in [0.25, 0.3) is 0 Å². The molecule has 0 bridgehead atoms. The molecule has 0 aliphatic carbocycles. The first-order chi connectivity index (χ1) is 8.00. The molecular formula is C15H22O2. The summed E-state index contributed by atoms with van der Waals surface area (Å²) in [5.74, 6) is 0. The Labute approximate surface area is 104 Å². The van der Waals surface area contributed by atoms with Crippen molar-refractivity contribution in [1.82, 2.24) is 0 Å². The molecule has 0 spiro atoms. The Morgan fingerprint density at radius 3 is 2.18 bits per heavy atom. The smallest absolute Gasteiger partial charge is 0.0732 e. The summed E-state index contributed by atoms with van der Waals surface area (Å²) in [6.45, 7) is 7.75. The summed E-state index contributed by atoms with van der Waals surface area (Å²) in [6, 6.07) is 4.40. The molecule has 17 heavy (non-hydrogen) atoms. The predicted octanol–water partition coefficient (Wildman–Crippen LogP) is 2.70. The van der Waals surface area contributed by atoms with Crippen molar-refractivity contribution in [3.05, 3.63) is 34.4 Å². The van der Waals surface area contributed by atoms with Crippen LogP contribution >= 0.6 is 0 Å². The van der Waals surface area contributed by atoms with Gasteiger partial charge in [0.2, 0.25) is 0 Å². The highest BCUT2D eigenvalue weighted by atomic mass is 16.5. The van der Waals surface area contributed by atoms with Gasteiger partial charge in [0.05, 0.1) is 5.60 Å². The summed E-state index contributed by atoms with van der Waals surface area (Å²) >= 11 is 0. The fourth-order valence-corrected chi connectivity index (χ4v) is 2.75. The van der Waals surface area contributed by atoms with Gasteiger partial charge in [-0.3, -0.25) is 0 Å². The van der Waals surface area contributed by atoms with Crippen LogP contribution in [-0.4, -0.2) is 23.9 Å². The van der Waals surface area contributed by atoms with E-state index in [-0.39, 0.29) is 0 Å². The fourth-order valence-electron chi connectivity index (χ4n) is 2.75. The van der Waals surface area contributed by atoms with E-state index in [0.29, 0.717) is 13.2 Å². The molecule has 0 unspecified atom stereocenters. The number of rotatable bonds is 2. The van der Waals surface area contributed by atoms with Gasteiger partial charge in [-0.05, 0) is 50.3 Å². The summed E-state index contributed by atoms with van der Waals surface area (Å²) < 4.78 is 5.32. The molecular weight excluding hydrogens is 212 g/mol. The molecule has 2 heteroatoms. The molecule has 1 saturated heterocycles. The molecule has 1 fully saturated rings. The second kappa shape index (κ2) is 4.79. The van der Waals surface area contributed by atoms with Crippen LogP contribution in [0.3, 0.4) is 0 Å². The van der Waals surface area contributed by atoms with Crippen molar-refractivity contribution >= 4 is 0 Å². The van der Waals surface area contributed by atoms with Crippen molar-refractivity contribution in [2.75, 3.05) is 13.2 Å². The monoisotopic (exact) mass is 234 g/mol. The van der Waals surface area contributed by atoms with Gasteiger partial charge in [-0.25, -0.2) is 0 Å². The first-order valence-corrected chi connectivity index (χ1v) is 6.37. The molecule has 1 aliphatic rings. The van der Waals surface area contributed by atoms with E-state index in [0.717, 1.165) is 19.3 Å². The van der Waals surface area contributed by atoms with Crippen LogP contribution in [0.5, 0.6) is 0 Å². The quantitative estimate of drug-likeness (QED) is 0.852. The molecule has 2 rings (SSSR count). The Morgan fingerprint density at radius 1 is 1.12 bits per heavy atom. The number of aliphatic hydroxyl groups is 1. The molecule has 1 aromatic rings. The average Bonchev–Trinajstić information content (AvgIpc) is 2.24. The van der Waals surface area contributed by atoms with Crippen LogP contribution in [0.25, 0.3) is 0 Å². The summed E-state index contributed by atoms with van der Waals surface area (Å²) in [5, 5.41) is 10.6. The highest BCUT2D eigenvalue weighted by molar-refractivity contribution is 5.38. The lowest BCUT2D eigenvalue weighted by Gasteiger charge is -2.33. The maximum Gasteiger partial charge on any atom is 0.0732 e. The van der Waals surface area contributed by atoms with Crippen molar-refractivity contribution in [2.45, 2.75) is 45.6 Å². The SMILES string of the molecule is Cc1cc(C)c(CC2(O)CCOCC2)c(C)c1. The molecule has 94 valence electrons. The van der Waals surface area contributed by atoms with Crippen molar-refractivity contribution in [3.63, 3.8) is 0 Å². The van der Waals surface area contributed by atoms with E-state index in [1.165, 1.54) is 22.3 Å². The van der Waals surface area contributed by atoms with E-state index < -0.39 is 5.60 Å². The third-order valence-corrected chi connectivity index (χ3v) is 3.77. The highest BCUT2D eigenvalue weighted by Crippen LogP contribution is 2.28. The fraction of sp³-hybridized carbons (Fsp3) is 0.600. The Morgan fingerprint density at radius 2 is 1.65 bits per heavy atom. The van der Waals surface area contributed by atoms with E-state index in [1.807, 2.05) is 0 Å². The van der Waals surface area contributed by atoms with Crippen LogP contribution in [0.1, 0.15) is 35.1 Å². The second-order valence-electron chi connectivity index (χ2n) is 5.39. The molecule has 0 radical (unpaired) electrons. The summed E-state index contributed by atoms with van der Waals surface area (Å²) in [4.78, 5) is 0. The second-order valence-corrected chi connectivity index (χ2v) is 5.39. The molecule has 0 saturated carbocycles. The van der Waals surface area contributed by atoms with E-state index in [2.05, 4.69) is 32.9 Å². The van der Waals surface area contributed by atoms with Gasteiger partial charge >= 0.3 is 0 Å². The minimum Gasteiger partial charge on any atom is -0.389 e. The molecule has 1 heterocycles. The zero-order valence-corrected chi connectivity index (χ0v) is 11.0. The normalized spacial score (nSPS) is 19.3.